The average Bonchev–Trinajstić information content (AvgIpc) is 2.75. The summed E-state index contributed by atoms with van der Waals surface area (Å²) in [6.45, 7) is 7.94. The first-order chi connectivity index (χ1) is 15.5. The monoisotopic (exact) mass is 489 g/mol. The molecule has 0 bridgehead atoms. The maximum absolute atomic E-state index is 13.4. The van der Waals surface area contributed by atoms with Gasteiger partial charge in [0, 0.05) is 28.9 Å². The third-order valence-corrected chi connectivity index (χ3v) is 9.23. The van der Waals surface area contributed by atoms with E-state index < -0.39 is 27.0 Å². The lowest BCUT2D eigenvalue weighted by Gasteiger charge is -2.34. The van der Waals surface area contributed by atoms with Crippen molar-refractivity contribution >= 4 is 39.3 Å². The van der Waals surface area contributed by atoms with Gasteiger partial charge in [-0.3, -0.25) is 0 Å². The minimum atomic E-state index is -3.53. The van der Waals surface area contributed by atoms with Crippen LogP contribution in [0.25, 0.3) is 0 Å². The van der Waals surface area contributed by atoms with Gasteiger partial charge in [0.05, 0.1) is 16.6 Å². The quantitative estimate of drug-likeness (QED) is 0.519. The van der Waals surface area contributed by atoms with Gasteiger partial charge in [-0.15, -0.1) is 0 Å². The molecule has 4 rings (SSSR count). The molecule has 2 aliphatic rings. The highest BCUT2D eigenvalue weighted by molar-refractivity contribution is 7.99. The highest BCUT2D eigenvalue weighted by Crippen LogP contribution is 2.45. The average molecular weight is 490 g/mol. The van der Waals surface area contributed by atoms with E-state index in [0.29, 0.717) is 25.9 Å². The fraction of sp³-hybridized carbons (Fsp3) is 0.458. The zero-order chi connectivity index (χ0) is 23.8. The number of alkyl carbamates (subject to hydrolysis) is 1. The zero-order valence-electron chi connectivity index (χ0n) is 19.4. The number of rotatable bonds is 4. The van der Waals surface area contributed by atoms with Crippen molar-refractivity contribution < 1.29 is 17.9 Å². The molecule has 33 heavy (non-hydrogen) atoms. The van der Waals surface area contributed by atoms with Crippen molar-refractivity contribution in [2.45, 2.75) is 67.2 Å². The Morgan fingerprint density at radius 1 is 1.12 bits per heavy atom. The molecule has 0 spiro atoms. The fourth-order valence-electron chi connectivity index (χ4n) is 4.03. The second-order valence-corrected chi connectivity index (χ2v) is 12.8. The van der Waals surface area contributed by atoms with E-state index in [-0.39, 0.29) is 6.04 Å². The number of amides is 1. The fourth-order valence-corrected chi connectivity index (χ4v) is 6.66. The van der Waals surface area contributed by atoms with Crippen LogP contribution in [-0.4, -0.2) is 43.5 Å². The van der Waals surface area contributed by atoms with Crippen molar-refractivity contribution in [2.24, 2.45) is 0 Å². The summed E-state index contributed by atoms with van der Waals surface area (Å²) in [6.07, 6.45) is 0.660. The van der Waals surface area contributed by atoms with Gasteiger partial charge in [0.15, 0.2) is 0 Å². The van der Waals surface area contributed by atoms with E-state index in [2.05, 4.69) is 16.7 Å². The predicted molar refractivity (Wildman–Crippen MR) is 132 cm³/mol. The van der Waals surface area contributed by atoms with Gasteiger partial charge in [0.2, 0.25) is 10.0 Å². The van der Waals surface area contributed by atoms with Gasteiger partial charge in [-0.2, -0.15) is 0 Å². The van der Waals surface area contributed by atoms with Gasteiger partial charge < -0.3 is 15.4 Å². The summed E-state index contributed by atoms with van der Waals surface area (Å²) >= 11 is 1.68. The zero-order valence-corrected chi connectivity index (χ0v) is 21.1. The predicted octanol–water partition coefficient (Wildman–Crippen LogP) is 5.27. The topological polar surface area (TPSA) is 87.7 Å². The van der Waals surface area contributed by atoms with Crippen LogP contribution in [0.3, 0.4) is 0 Å². The first-order valence-electron chi connectivity index (χ1n) is 11.2. The number of sulfonamides is 1. The van der Waals surface area contributed by atoms with Crippen molar-refractivity contribution in [3.8, 4) is 0 Å². The number of hydrogen-bond acceptors (Lipinski definition) is 6. The van der Waals surface area contributed by atoms with E-state index in [1.54, 1.807) is 23.0 Å². The van der Waals surface area contributed by atoms with Crippen molar-refractivity contribution in [1.82, 2.24) is 9.62 Å². The van der Waals surface area contributed by atoms with Crippen LogP contribution in [0.15, 0.2) is 52.3 Å². The Labute approximate surface area is 200 Å². The molecular formula is C24H31N3O4S2. The van der Waals surface area contributed by atoms with Crippen LogP contribution in [0, 0.1) is 0 Å². The van der Waals surface area contributed by atoms with E-state index >= 15 is 0 Å². The minimum Gasteiger partial charge on any atom is -0.444 e. The first kappa shape index (κ1) is 23.9. The Bertz CT molecular complexity index is 1140. The molecule has 2 aliphatic heterocycles. The van der Waals surface area contributed by atoms with Crippen molar-refractivity contribution in [1.29, 1.82) is 0 Å². The summed E-state index contributed by atoms with van der Waals surface area (Å²) in [5.74, 6) is 0. The summed E-state index contributed by atoms with van der Waals surface area (Å²) in [5, 5.41) is 5.62. The third-order valence-electron chi connectivity index (χ3n) is 5.83. The first-order valence-corrected chi connectivity index (χ1v) is 13.5. The molecule has 1 fully saturated rings. The van der Waals surface area contributed by atoms with Crippen LogP contribution in [0.4, 0.5) is 16.2 Å². The van der Waals surface area contributed by atoms with Gasteiger partial charge in [-0.25, -0.2) is 17.5 Å². The Balaban J connectivity index is 1.40. The molecule has 0 aliphatic carbocycles. The molecule has 1 atom stereocenters. The van der Waals surface area contributed by atoms with Crippen LogP contribution in [0.2, 0.25) is 0 Å². The van der Waals surface area contributed by atoms with Gasteiger partial charge in [-0.1, -0.05) is 30.0 Å². The SMILES string of the molecule is CC(c1ccc2c(c1)Nc1ccccc1S2)S(=O)(=O)N1CCC(NC(=O)OC(C)(C)C)CC1. The van der Waals surface area contributed by atoms with Gasteiger partial charge in [0.25, 0.3) is 0 Å². The Kier molecular flexibility index (Phi) is 6.66. The minimum absolute atomic E-state index is 0.0911. The Hall–Kier alpha value is -2.23. The number of ether oxygens (including phenoxy) is 1. The van der Waals surface area contributed by atoms with Crippen molar-refractivity contribution in [3.63, 3.8) is 0 Å². The number of para-hydroxylation sites is 1. The van der Waals surface area contributed by atoms with Crippen LogP contribution in [-0.2, 0) is 14.8 Å². The normalized spacial score (nSPS) is 17.9. The lowest BCUT2D eigenvalue weighted by atomic mass is 10.1. The number of nitrogens with one attached hydrogen (secondary N) is 2. The number of carbonyl (C=O) groups excluding carboxylic acids is 1. The summed E-state index contributed by atoms with van der Waals surface area (Å²) in [5.41, 5.74) is 2.16. The molecule has 7 nitrogen and oxygen atoms in total. The molecule has 1 unspecified atom stereocenters. The van der Waals surface area contributed by atoms with E-state index in [0.717, 1.165) is 26.7 Å². The molecule has 0 radical (unpaired) electrons. The number of carbonyl (C=O) groups is 1. The number of benzene rings is 2. The highest BCUT2D eigenvalue weighted by Gasteiger charge is 2.34. The Morgan fingerprint density at radius 3 is 2.48 bits per heavy atom. The molecule has 1 amide bonds. The third kappa shape index (κ3) is 5.47. The molecule has 9 heteroatoms. The van der Waals surface area contributed by atoms with E-state index in [9.17, 15) is 13.2 Å². The molecular weight excluding hydrogens is 458 g/mol. The van der Waals surface area contributed by atoms with Crippen LogP contribution in [0.5, 0.6) is 0 Å². The molecule has 178 valence electrons. The standard InChI is InChI=1S/C24H31N3O4S2/c1-16(17-9-10-22-20(15-17)26-19-7-5-6-8-21(19)32-22)33(29,30)27-13-11-18(12-14-27)25-23(28)31-24(2,3)4/h5-10,15-16,18,26H,11-14H2,1-4H3,(H,25,28). The largest absolute Gasteiger partial charge is 0.444 e. The highest BCUT2D eigenvalue weighted by atomic mass is 32.2. The van der Waals surface area contributed by atoms with Crippen molar-refractivity contribution in [3.05, 3.63) is 48.0 Å². The second kappa shape index (κ2) is 9.19. The molecule has 2 heterocycles. The number of nitrogens with zero attached hydrogens (tertiary/aromatic N) is 1. The van der Waals surface area contributed by atoms with Gasteiger partial charge in [0.1, 0.15) is 5.60 Å². The van der Waals surface area contributed by atoms with Crippen molar-refractivity contribution in [2.75, 3.05) is 18.4 Å². The molecule has 2 N–H and O–H groups in total. The maximum atomic E-state index is 13.4. The lowest BCUT2D eigenvalue weighted by molar-refractivity contribution is 0.0489. The number of hydrogen-bond donors (Lipinski definition) is 2. The molecule has 2 aromatic rings. The molecule has 0 saturated carbocycles. The van der Waals surface area contributed by atoms with Gasteiger partial charge >= 0.3 is 6.09 Å². The van der Waals surface area contributed by atoms with E-state index in [4.69, 9.17) is 4.74 Å². The summed E-state index contributed by atoms with van der Waals surface area (Å²) in [6, 6.07) is 13.8. The van der Waals surface area contributed by atoms with E-state index in [1.165, 1.54) is 0 Å². The summed E-state index contributed by atoms with van der Waals surface area (Å²) in [4.78, 5) is 14.3. The molecule has 1 saturated heterocycles. The number of anilines is 2. The Morgan fingerprint density at radius 2 is 1.79 bits per heavy atom. The van der Waals surface area contributed by atoms with E-state index in [1.807, 2.05) is 57.2 Å². The maximum Gasteiger partial charge on any atom is 0.407 e. The summed E-state index contributed by atoms with van der Waals surface area (Å²) < 4.78 is 33.6. The number of fused-ring (bicyclic) bond motifs is 2. The smallest absolute Gasteiger partial charge is 0.407 e. The van der Waals surface area contributed by atoms with Crippen LogP contribution < -0.4 is 10.6 Å². The van der Waals surface area contributed by atoms with Crippen LogP contribution in [0.1, 0.15) is 51.3 Å². The van der Waals surface area contributed by atoms with Crippen LogP contribution >= 0.6 is 11.8 Å². The summed E-state index contributed by atoms with van der Waals surface area (Å²) in [7, 11) is -3.53. The molecule has 0 aromatic heterocycles. The van der Waals surface area contributed by atoms with Gasteiger partial charge in [-0.05, 0) is 70.4 Å². The molecule has 2 aromatic carbocycles. The lowest BCUT2D eigenvalue weighted by Crippen LogP contribution is -2.48. The number of piperidine rings is 1. The second-order valence-electron chi connectivity index (χ2n) is 9.49.